The Morgan fingerprint density at radius 3 is 2.78 bits per heavy atom. The van der Waals surface area contributed by atoms with Gasteiger partial charge in [0.25, 0.3) is 5.56 Å². The summed E-state index contributed by atoms with van der Waals surface area (Å²) in [6.45, 7) is 0.973. The smallest absolute Gasteiger partial charge is 0.278 e. The Morgan fingerprint density at radius 1 is 1.08 bits per heavy atom. The van der Waals surface area contributed by atoms with Crippen molar-refractivity contribution in [1.82, 2.24) is 24.3 Å². The lowest BCUT2D eigenvalue weighted by atomic mass is 10.2. The third kappa shape index (κ3) is 3.88. The minimum absolute atomic E-state index is 0.0776. The first-order valence-electron chi connectivity index (χ1n) is 12.1. The molecule has 0 unspecified atom stereocenters. The van der Waals surface area contributed by atoms with Gasteiger partial charge in [0.05, 0.1) is 11.8 Å². The van der Waals surface area contributed by atoms with E-state index in [1.165, 1.54) is 10.9 Å². The predicted octanol–water partition coefficient (Wildman–Crippen LogP) is 3.07. The maximum atomic E-state index is 13.6. The van der Waals surface area contributed by atoms with Crippen LogP contribution in [0.2, 0.25) is 0 Å². The number of benzene rings is 2. The number of hydrogen-bond donors (Lipinski definition) is 1. The summed E-state index contributed by atoms with van der Waals surface area (Å²) in [7, 11) is 0. The molecule has 7 rings (SSSR count). The fourth-order valence-corrected chi connectivity index (χ4v) is 4.68. The van der Waals surface area contributed by atoms with Gasteiger partial charge in [-0.2, -0.15) is 4.98 Å². The Hall–Kier alpha value is -4.67. The van der Waals surface area contributed by atoms with E-state index in [-0.39, 0.29) is 24.6 Å². The van der Waals surface area contributed by atoms with E-state index in [9.17, 15) is 9.59 Å². The minimum Gasteiger partial charge on any atom is -0.486 e. The van der Waals surface area contributed by atoms with Gasteiger partial charge in [-0.15, -0.1) is 0 Å². The first-order valence-corrected chi connectivity index (χ1v) is 12.1. The van der Waals surface area contributed by atoms with E-state index < -0.39 is 0 Å². The van der Waals surface area contributed by atoms with Gasteiger partial charge in [-0.25, -0.2) is 4.98 Å². The molecule has 2 aliphatic rings. The molecule has 5 aromatic rings. The van der Waals surface area contributed by atoms with Crippen LogP contribution in [0.1, 0.15) is 30.5 Å². The molecule has 1 N–H and O–H groups in total. The molecule has 37 heavy (non-hydrogen) atoms. The lowest BCUT2D eigenvalue weighted by Crippen LogP contribution is -2.25. The van der Waals surface area contributed by atoms with Crippen LogP contribution >= 0.6 is 0 Å². The average Bonchev–Trinajstić information content (AvgIpc) is 3.58. The molecular weight excluding hydrogens is 476 g/mol. The molecule has 2 aromatic carbocycles. The van der Waals surface area contributed by atoms with E-state index in [2.05, 4.69) is 20.4 Å². The Kier molecular flexibility index (Phi) is 4.95. The number of aromatic nitrogens is 5. The van der Waals surface area contributed by atoms with Crippen molar-refractivity contribution >= 4 is 33.5 Å². The number of hydrogen-bond acceptors (Lipinski definition) is 8. The van der Waals surface area contributed by atoms with Crippen molar-refractivity contribution in [2.24, 2.45) is 0 Å². The lowest BCUT2D eigenvalue weighted by Gasteiger charge is -2.19. The molecule has 1 amide bonds. The normalized spacial score (nSPS) is 14.8. The molecule has 3 aromatic heterocycles. The monoisotopic (exact) mass is 498 g/mol. The lowest BCUT2D eigenvalue weighted by molar-refractivity contribution is -0.116. The number of amides is 1. The minimum atomic E-state index is -0.292. The van der Waals surface area contributed by atoms with E-state index in [0.29, 0.717) is 59.1 Å². The topological polar surface area (TPSA) is 126 Å². The molecule has 186 valence electrons. The highest BCUT2D eigenvalue weighted by molar-refractivity contribution is 6.06. The largest absolute Gasteiger partial charge is 0.486 e. The van der Waals surface area contributed by atoms with Crippen LogP contribution in [-0.2, 0) is 17.9 Å². The summed E-state index contributed by atoms with van der Waals surface area (Å²) in [5.41, 5.74) is 1.90. The average molecular weight is 498 g/mol. The maximum absolute atomic E-state index is 13.6. The van der Waals surface area contributed by atoms with Crippen molar-refractivity contribution in [3.8, 4) is 11.5 Å². The van der Waals surface area contributed by atoms with Crippen molar-refractivity contribution in [2.75, 3.05) is 18.5 Å². The van der Waals surface area contributed by atoms with Crippen molar-refractivity contribution in [1.29, 1.82) is 0 Å². The van der Waals surface area contributed by atoms with Crippen molar-refractivity contribution < 1.29 is 18.8 Å². The molecule has 0 spiro atoms. The second kappa shape index (κ2) is 8.47. The zero-order chi connectivity index (χ0) is 24.9. The molecule has 0 atom stereocenters. The predicted molar refractivity (Wildman–Crippen MR) is 133 cm³/mol. The second-order valence-electron chi connectivity index (χ2n) is 9.21. The molecule has 4 heterocycles. The zero-order valence-corrected chi connectivity index (χ0v) is 19.7. The molecule has 1 fully saturated rings. The maximum Gasteiger partial charge on any atom is 0.278 e. The van der Waals surface area contributed by atoms with E-state index >= 15 is 0 Å². The van der Waals surface area contributed by atoms with Crippen LogP contribution in [0.5, 0.6) is 11.5 Å². The summed E-state index contributed by atoms with van der Waals surface area (Å²) < 4.78 is 19.6. The van der Waals surface area contributed by atoms with Crippen LogP contribution in [0.3, 0.4) is 0 Å². The molecule has 0 bridgehead atoms. The third-order valence-electron chi connectivity index (χ3n) is 6.59. The molecule has 11 heteroatoms. The van der Waals surface area contributed by atoms with Gasteiger partial charge in [-0.1, -0.05) is 23.4 Å². The van der Waals surface area contributed by atoms with Gasteiger partial charge in [0.2, 0.25) is 11.8 Å². The number of nitrogens with zero attached hydrogens (tertiary/aromatic N) is 5. The van der Waals surface area contributed by atoms with Gasteiger partial charge in [0, 0.05) is 23.1 Å². The van der Waals surface area contributed by atoms with Crippen LogP contribution in [0.15, 0.2) is 58.1 Å². The number of nitrogens with one attached hydrogen (secondary N) is 1. The highest BCUT2D eigenvalue weighted by Gasteiger charge is 2.29. The van der Waals surface area contributed by atoms with Crippen LogP contribution in [-0.4, -0.2) is 43.4 Å². The van der Waals surface area contributed by atoms with Gasteiger partial charge >= 0.3 is 0 Å². The molecule has 0 saturated heterocycles. The van der Waals surface area contributed by atoms with Crippen molar-refractivity contribution in [3.05, 3.63) is 70.9 Å². The van der Waals surface area contributed by atoms with Crippen LogP contribution in [0, 0.1) is 0 Å². The number of fused-ring (bicyclic) bond motifs is 4. The van der Waals surface area contributed by atoms with E-state index in [1.54, 1.807) is 22.8 Å². The standard InChI is InChI=1S/C26H22N6O5/c33-21(28-16-7-8-19-20(11-16)36-10-9-35-19)12-32-18-4-2-1-3-17(18)23-24(32)26(34)31(14-27-23)13-22-29-25(30-37-22)15-5-6-15/h1-4,7-8,11,14-15H,5-6,9-10,12-13H2,(H,28,33). The van der Waals surface area contributed by atoms with Gasteiger partial charge in [-0.3, -0.25) is 14.2 Å². The van der Waals surface area contributed by atoms with E-state index in [0.717, 1.165) is 23.7 Å². The summed E-state index contributed by atoms with van der Waals surface area (Å²) in [5.74, 6) is 2.32. The van der Waals surface area contributed by atoms with Gasteiger partial charge in [0.1, 0.15) is 37.3 Å². The van der Waals surface area contributed by atoms with Gasteiger partial charge in [-0.05, 0) is 31.0 Å². The molecular formula is C26H22N6O5. The summed E-state index contributed by atoms with van der Waals surface area (Å²) in [6, 6.07) is 12.8. The molecule has 1 saturated carbocycles. The van der Waals surface area contributed by atoms with Crippen molar-refractivity contribution in [3.63, 3.8) is 0 Å². The summed E-state index contributed by atoms with van der Waals surface area (Å²) in [5, 5.41) is 7.72. The Labute approximate surface area is 209 Å². The van der Waals surface area contributed by atoms with Crippen molar-refractivity contribution in [2.45, 2.75) is 31.8 Å². The second-order valence-corrected chi connectivity index (χ2v) is 9.21. The zero-order valence-electron chi connectivity index (χ0n) is 19.7. The first kappa shape index (κ1) is 21.6. The van der Waals surface area contributed by atoms with Crippen LogP contribution in [0.25, 0.3) is 21.9 Å². The summed E-state index contributed by atoms with van der Waals surface area (Å²) >= 11 is 0. The third-order valence-corrected chi connectivity index (χ3v) is 6.59. The number of ether oxygens (including phenoxy) is 2. The van der Waals surface area contributed by atoms with Gasteiger partial charge in [0.15, 0.2) is 17.3 Å². The number of carbonyl (C=O) groups is 1. The molecule has 1 aliphatic carbocycles. The number of para-hydroxylation sites is 1. The quantitative estimate of drug-likeness (QED) is 0.379. The number of anilines is 1. The fraction of sp³-hybridized carbons (Fsp3) is 0.269. The number of carbonyl (C=O) groups excluding carboxylic acids is 1. The molecule has 11 nitrogen and oxygen atoms in total. The highest BCUT2D eigenvalue weighted by Crippen LogP contribution is 2.38. The Bertz CT molecular complexity index is 1730. The first-order chi connectivity index (χ1) is 18.1. The fourth-order valence-electron chi connectivity index (χ4n) is 4.68. The number of rotatable bonds is 6. The van der Waals surface area contributed by atoms with Gasteiger partial charge < -0.3 is 23.9 Å². The SMILES string of the molecule is O=C(Cn1c2ccccc2c2ncn(Cc3nc(C4CC4)no3)c(=O)c21)Nc1ccc2c(c1)OCCO2. The Balaban J connectivity index is 1.23. The highest BCUT2D eigenvalue weighted by atomic mass is 16.6. The molecule has 0 radical (unpaired) electrons. The van der Waals surface area contributed by atoms with E-state index in [1.807, 2.05) is 24.3 Å². The Morgan fingerprint density at radius 2 is 1.92 bits per heavy atom. The van der Waals surface area contributed by atoms with Crippen LogP contribution in [0.4, 0.5) is 5.69 Å². The summed E-state index contributed by atoms with van der Waals surface area (Å²) in [6.07, 6.45) is 3.60. The van der Waals surface area contributed by atoms with Crippen LogP contribution < -0.4 is 20.3 Å². The summed E-state index contributed by atoms with van der Waals surface area (Å²) in [4.78, 5) is 35.8. The molecule has 1 aliphatic heterocycles. The van der Waals surface area contributed by atoms with E-state index in [4.69, 9.17) is 14.0 Å².